The molecule has 0 unspecified atom stereocenters. The van der Waals surface area contributed by atoms with Crippen molar-refractivity contribution in [1.82, 2.24) is 9.78 Å². The lowest BCUT2D eigenvalue weighted by Crippen LogP contribution is -2.16. The Morgan fingerprint density at radius 2 is 1.92 bits per heavy atom. The van der Waals surface area contributed by atoms with Crippen LogP contribution in [-0.2, 0) is 12.0 Å². The number of anilines is 1. The quantitative estimate of drug-likeness (QED) is 0.680. The lowest BCUT2D eigenvalue weighted by molar-refractivity contribution is 0.0994. The first kappa shape index (κ1) is 17.5. The molecule has 25 heavy (non-hydrogen) atoms. The van der Waals surface area contributed by atoms with E-state index in [1.165, 1.54) is 0 Å². The van der Waals surface area contributed by atoms with Crippen LogP contribution in [0.15, 0.2) is 57.6 Å². The van der Waals surface area contributed by atoms with Gasteiger partial charge in [-0.3, -0.25) is 4.79 Å². The Bertz CT molecular complexity index is 876. The van der Waals surface area contributed by atoms with Crippen LogP contribution in [0.4, 0.5) is 5.82 Å². The first-order valence-corrected chi connectivity index (χ1v) is 8.81. The maximum Gasteiger partial charge on any atom is 0.292 e. The van der Waals surface area contributed by atoms with E-state index in [-0.39, 0.29) is 17.1 Å². The number of aromatic nitrogens is 2. The predicted molar refractivity (Wildman–Crippen MR) is 101 cm³/mol. The molecule has 1 aromatic carbocycles. The van der Waals surface area contributed by atoms with Gasteiger partial charge in [0.1, 0.15) is 5.82 Å². The summed E-state index contributed by atoms with van der Waals surface area (Å²) in [6.07, 6.45) is 0. The van der Waals surface area contributed by atoms with Crippen molar-refractivity contribution in [3.05, 3.63) is 70.2 Å². The first-order chi connectivity index (χ1) is 11.8. The van der Waals surface area contributed by atoms with Crippen molar-refractivity contribution >= 4 is 27.7 Å². The van der Waals surface area contributed by atoms with Gasteiger partial charge in [0, 0.05) is 11.5 Å². The maximum absolute atomic E-state index is 12.4. The van der Waals surface area contributed by atoms with E-state index >= 15 is 0 Å². The highest BCUT2D eigenvalue weighted by Gasteiger charge is 2.22. The molecule has 6 heteroatoms. The largest absolute Gasteiger partial charge is 0.444 e. The van der Waals surface area contributed by atoms with Crippen LogP contribution in [0, 0.1) is 0 Å². The third-order valence-corrected chi connectivity index (χ3v) is 4.19. The van der Waals surface area contributed by atoms with Gasteiger partial charge in [0.05, 0.1) is 12.2 Å². The van der Waals surface area contributed by atoms with Gasteiger partial charge in [0.15, 0.2) is 10.4 Å². The lowest BCUT2D eigenvalue weighted by atomic mass is 9.92. The summed E-state index contributed by atoms with van der Waals surface area (Å²) in [6, 6.07) is 15.3. The number of benzene rings is 1. The average Bonchev–Trinajstić information content (AvgIpc) is 3.15. The van der Waals surface area contributed by atoms with E-state index < -0.39 is 0 Å². The number of hydrogen-bond acceptors (Lipinski definition) is 3. The minimum atomic E-state index is -0.305. The molecule has 1 N–H and O–H groups in total. The van der Waals surface area contributed by atoms with Gasteiger partial charge in [-0.2, -0.15) is 5.10 Å². The number of amides is 1. The molecule has 5 nitrogen and oxygen atoms in total. The molecule has 3 aromatic rings. The second kappa shape index (κ2) is 6.88. The van der Waals surface area contributed by atoms with Gasteiger partial charge in [-0.15, -0.1) is 0 Å². The smallest absolute Gasteiger partial charge is 0.292 e. The summed E-state index contributed by atoms with van der Waals surface area (Å²) >= 11 is 3.21. The number of nitrogens with zero attached hydrogens (tertiary/aromatic N) is 2. The summed E-state index contributed by atoms with van der Waals surface area (Å²) < 4.78 is 7.66. The highest BCUT2D eigenvalue weighted by Crippen LogP contribution is 2.25. The van der Waals surface area contributed by atoms with Gasteiger partial charge < -0.3 is 9.73 Å². The molecule has 2 aromatic heterocycles. The molecule has 0 aliphatic carbocycles. The van der Waals surface area contributed by atoms with Gasteiger partial charge in [0.2, 0.25) is 0 Å². The number of rotatable bonds is 4. The predicted octanol–water partition coefficient (Wildman–Crippen LogP) is 4.84. The average molecular weight is 402 g/mol. The molecule has 0 radical (unpaired) electrons. The second-order valence-corrected chi connectivity index (χ2v) is 7.65. The van der Waals surface area contributed by atoms with Gasteiger partial charge >= 0.3 is 0 Å². The van der Waals surface area contributed by atoms with E-state index in [4.69, 9.17) is 9.52 Å². The molecule has 1 amide bonds. The Morgan fingerprint density at radius 1 is 1.20 bits per heavy atom. The van der Waals surface area contributed by atoms with Gasteiger partial charge in [0.25, 0.3) is 5.91 Å². The third kappa shape index (κ3) is 4.20. The Kier molecular flexibility index (Phi) is 4.81. The van der Waals surface area contributed by atoms with Crippen molar-refractivity contribution in [2.24, 2.45) is 0 Å². The van der Waals surface area contributed by atoms with E-state index in [0.29, 0.717) is 17.0 Å². The standard InChI is InChI=1S/C19H20BrN3O2/c1-19(2,3)15-11-17(21-18(24)14-9-10-16(20)25-14)23(22-15)12-13-7-5-4-6-8-13/h4-11H,12H2,1-3H3,(H,21,24). The van der Waals surface area contributed by atoms with Gasteiger partial charge in [-0.05, 0) is 33.6 Å². The summed E-state index contributed by atoms with van der Waals surface area (Å²) in [4.78, 5) is 12.4. The molecule has 0 saturated carbocycles. The third-order valence-electron chi connectivity index (χ3n) is 3.76. The van der Waals surface area contributed by atoms with Crippen LogP contribution < -0.4 is 5.32 Å². The SMILES string of the molecule is CC(C)(C)c1cc(NC(=O)c2ccc(Br)o2)n(Cc2ccccc2)n1. The Balaban J connectivity index is 1.90. The minimum Gasteiger partial charge on any atom is -0.444 e. The van der Waals surface area contributed by atoms with Crippen molar-refractivity contribution in [1.29, 1.82) is 0 Å². The zero-order valence-electron chi connectivity index (χ0n) is 14.4. The van der Waals surface area contributed by atoms with Crippen LogP contribution in [0.25, 0.3) is 0 Å². The number of halogens is 1. The second-order valence-electron chi connectivity index (χ2n) is 6.87. The zero-order chi connectivity index (χ0) is 18.0. The molecule has 0 spiro atoms. The van der Waals surface area contributed by atoms with Crippen LogP contribution in [0.2, 0.25) is 0 Å². The van der Waals surface area contributed by atoms with E-state index in [0.717, 1.165) is 11.3 Å². The van der Waals surface area contributed by atoms with Crippen LogP contribution >= 0.6 is 15.9 Å². The highest BCUT2D eigenvalue weighted by atomic mass is 79.9. The molecule has 0 saturated heterocycles. The van der Waals surface area contributed by atoms with E-state index in [2.05, 4.69) is 42.0 Å². The molecule has 3 rings (SSSR count). The van der Waals surface area contributed by atoms with Crippen LogP contribution in [0.1, 0.15) is 42.6 Å². The summed E-state index contributed by atoms with van der Waals surface area (Å²) in [7, 11) is 0. The van der Waals surface area contributed by atoms with E-state index in [9.17, 15) is 4.79 Å². The number of carbonyl (C=O) groups is 1. The molecule has 0 atom stereocenters. The number of furan rings is 1. The summed E-state index contributed by atoms with van der Waals surface area (Å²) in [5.74, 6) is 0.586. The molecule has 0 aliphatic rings. The summed E-state index contributed by atoms with van der Waals surface area (Å²) in [6.45, 7) is 6.86. The molecule has 0 bridgehead atoms. The van der Waals surface area contributed by atoms with Crippen molar-refractivity contribution < 1.29 is 9.21 Å². The van der Waals surface area contributed by atoms with E-state index in [1.54, 1.807) is 12.1 Å². The lowest BCUT2D eigenvalue weighted by Gasteiger charge is -2.14. The number of carbonyl (C=O) groups excluding carboxylic acids is 1. The zero-order valence-corrected chi connectivity index (χ0v) is 16.0. The van der Waals surface area contributed by atoms with Crippen LogP contribution in [0.5, 0.6) is 0 Å². The summed E-state index contributed by atoms with van der Waals surface area (Å²) in [5, 5.41) is 7.59. The van der Waals surface area contributed by atoms with Gasteiger partial charge in [-0.25, -0.2) is 4.68 Å². The highest BCUT2D eigenvalue weighted by molar-refractivity contribution is 9.10. The van der Waals surface area contributed by atoms with Crippen LogP contribution in [0.3, 0.4) is 0 Å². The van der Waals surface area contributed by atoms with Crippen molar-refractivity contribution in [2.45, 2.75) is 32.7 Å². The van der Waals surface area contributed by atoms with Crippen molar-refractivity contribution in [2.75, 3.05) is 5.32 Å². The molecule has 0 fully saturated rings. The normalized spacial score (nSPS) is 11.5. The molecule has 2 heterocycles. The fraction of sp³-hybridized carbons (Fsp3) is 0.263. The molecular formula is C19H20BrN3O2. The Labute approximate surface area is 155 Å². The fourth-order valence-electron chi connectivity index (χ4n) is 2.38. The fourth-order valence-corrected chi connectivity index (χ4v) is 2.68. The monoisotopic (exact) mass is 401 g/mol. The molecule has 130 valence electrons. The number of hydrogen-bond donors (Lipinski definition) is 1. The Hall–Kier alpha value is -2.34. The maximum atomic E-state index is 12.4. The Morgan fingerprint density at radius 3 is 2.52 bits per heavy atom. The minimum absolute atomic E-state index is 0.116. The first-order valence-electron chi connectivity index (χ1n) is 8.02. The van der Waals surface area contributed by atoms with E-state index in [1.807, 2.05) is 41.1 Å². The van der Waals surface area contributed by atoms with Gasteiger partial charge in [-0.1, -0.05) is 51.1 Å². The van der Waals surface area contributed by atoms with Crippen LogP contribution in [-0.4, -0.2) is 15.7 Å². The topological polar surface area (TPSA) is 60.1 Å². The summed E-state index contributed by atoms with van der Waals surface area (Å²) in [5.41, 5.74) is 1.91. The van der Waals surface area contributed by atoms with Crippen molar-refractivity contribution in [3.8, 4) is 0 Å². The number of nitrogens with one attached hydrogen (secondary N) is 1. The molecule has 0 aliphatic heterocycles. The van der Waals surface area contributed by atoms with Crippen molar-refractivity contribution in [3.63, 3.8) is 0 Å². The molecular weight excluding hydrogens is 382 g/mol.